The van der Waals surface area contributed by atoms with Crippen molar-refractivity contribution in [3.63, 3.8) is 0 Å². The van der Waals surface area contributed by atoms with Gasteiger partial charge in [0.1, 0.15) is 0 Å². The minimum absolute atomic E-state index is 0.534. The lowest BCUT2D eigenvalue weighted by Crippen LogP contribution is -2.53. The normalized spacial score (nSPS) is 35.2. The number of hydrogen-bond donors (Lipinski definition) is 1. The van der Waals surface area contributed by atoms with Gasteiger partial charge in [-0.15, -0.1) is 0 Å². The zero-order valence-corrected chi connectivity index (χ0v) is 9.39. The van der Waals surface area contributed by atoms with E-state index in [1.807, 2.05) is 0 Å². The predicted molar refractivity (Wildman–Crippen MR) is 55.5 cm³/mol. The Labute approximate surface area is 85.7 Å². The van der Waals surface area contributed by atoms with E-state index in [2.05, 4.69) is 5.32 Å². The standard InChI is InChI=1S/C9H18N2O2S/c1-14(12,13)11-6-4-9-8(7-11)3-2-5-10-9/h8-10H,2-7H2,1H3/t8-,9+/m0/s1. The highest BCUT2D eigenvalue weighted by molar-refractivity contribution is 7.88. The summed E-state index contributed by atoms with van der Waals surface area (Å²) in [7, 11) is -2.97. The molecule has 0 aromatic carbocycles. The van der Waals surface area contributed by atoms with Gasteiger partial charge in [0.05, 0.1) is 6.26 Å². The first kappa shape index (κ1) is 10.4. The Kier molecular flexibility index (Phi) is 2.81. The lowest BCUT2D eigenvalue weighted by Gasteiger charge is -2.40. The van der Waals surface area contributed by atoms with Gasteiger partial charge in [0.25, 0.3) is 0 Å². The van der Waals surface area contributed by atoms with Crippen molar-refractivity contribution in [2.75, 3.05) is 25.9 Å². The van der Waals surface area contributed by atoms with Gasteiger partial charge in [-0.3, -0.25) is 0 Å². The molecule has 0 unspecified atom stereocenters. The second kappa shape index (κ2) is 3.79. The van der Waals surface area contributed by atoms with E-state index >= 15 is 0 Å². The molecule has 14 heavy (non-hydrogen) atoms. The first-order valence-electron chi connectivity index (χ1n) is 5.26. The molecule has 0 spiro atoms. The van der Waals surface area contributed by atoms with Gasteiger partial charge < -0.3 is 5.32 Å². The average molecular weight is 218 g/mol. The third-order valence-electron chi connectivity index (χ3n) is 3.32. The summed E-state index contributed by atoms with van der Waals surface area (Å²) in [6, 6.07) is 0.557. The Bertz CT molecular complexity index is 302. The SMILES string of the molecule is CS(=O)(=O)N1CC[C@H]2NCCC[C@H]2C1. The Morgan fingerprint density at radius 1 is 1.36 bits per heavy atom. The lowest BCUT2D eigenvalue weighted by atomic mass is 9.86. The van der Waals surface area contributed by atoms with Crippen LogP contribution in [0.5, 0.6) is 0 Å². The summed E-state index contributed by atoms with van der Waals surface area (Å²) in [5.41, 5.74) is 0. The summed E-state index contributed by atoms with van der Waals surface area (Å²) < 4.78 is 24.4. The van der Waals surface area contributed by atoms with Crippen LogP contribution in [0.1, 0.15) is 19.3 Å². The first-order chi connectivity index (χ1) is 6.57. The third kappa shape index (κ3) is 2.10. The molecule has 4 nitrogen and oxygen atoms in total. The summed E-state index contributed by atoms with van der Waals surface area (Å²) in [4.78, 5) is 0. The fourth-order valence-electron chi connectivity index (χ4n) is 2.51. The molecule has 2 atom stereocenters. The molecule has 0 aliphatic carbocycles. The van der Waals surface area contributed by atoms with E-state index in [0.717, 1.165) is 19.5 Å². The van der Waals surface area contributed by atoms with E-state index in [1.165, 1.54) is 19.1 Å². The van der Waals surface area contributed by atoms with Crippen LogP contribution >= 0.6 is 0 Å². The number of fused-ring (bicyclic) bond motifs is 1. The summed E-state index contributed by atoms with van der Waals surface area (Å²) in [5, 5.41) is 3.47. The van der Waals surface area contributed by atoms with Gasteiger partial charge in [-0.1, -0.05) is 0 Å². The zero-order chi connectivity index (χ0) is 10.2. The smallest absolute Gasteiger partial charge is 0.211 e. The maximum atomic E-state index is 11.4. The van der Waals surface area contributed by atoms with Crippen LogP contribution in [0, 0.1) is 5.92 Å². The van der Waals surface area contributed by atoms with Gasteiger partial charge >= 0.3 is 0 Å². The number of nitrogens with zero attached hydrogens (tertiary/aromatic N) is 1. The van der Waals surface area contributed by atoms with E-state index in [4.69, 9.17) is 0 Å². The van der Waals surface area contributed by atoms with Crippen LogP contribution in [-0.4, -0.2) is 44.7 Å². The molecule has 0 amide bonds. The Morgan fingerprint density at radius 2 is 2.14 bits per heavy atom. The van der Waals surface area contributed by atoms with Crippen LogP contribution in [0.15, 0.2) is 0 Å². The van der Waals surface area contributed by atoms with E-state index in [9.17, 15) is 8.42 Å². The molecule has 0 saturated carbocycles. The summed E-state index contributed by atoms with van der Waals surface area (Å²) in [5.74, 6) is 0.534. The molecule has 2 rings (SSSR count). The second-order valence-corrected chi connectivity index (χ2v) is 6.36. The van der Waals surface area contributed by atoms with E-state index < -0.39 is 10.0 Å². The van der Waals surface area contributed by atoms with E-state index in [0.29, 0.717) is 18.5 Å². The molecular formula is C9H18N2O2S. The van der Waals surface area contributed by atoms with E-state index in [1.54, 1.807) is 4.31 Å². The van der Waals surface area contributed by atoms with Crippen molar-refractivity contribution >= 4 is 10.0 Å². The van der Waals surface area contributed by atoms with Crippen LogP contribution in [0.2, 0.25) is 0 Å². The predicted octanol–water partition coefficient (Wildman–Crippen LogP) is 0.0199. The molecular weight excluding hydrogens is 200 g/mol. The number of nitrogens with one attached hydrogen (secondary N) is 1. The molecule has 2 aliphatic rings. The fraction of sp³-hybridized carbons (Fsp3) is 1.00. The summed E-state index contributed by atoms with van der Waals surface area (Å²) >= 11 is 0. The van der Waals surface area contributed by atoms with Crippen LogP contribution in [0.4, 0.5) is 0 Å². The van der Waals surface area contributed by atoms with E-state index in [-0.39, 0.29) is 0 Å². The monoisotopic (exact) mass is 218 g/mol. The molecule has 5 heteroatoms. The molecule has 2 heterocycles. The third-order valence-corrected chi connectivity index (χ3v) is 4.59. The highest BCUT2D eigenvalue weighted by Gasteiger charge is 2.33. The van der Waals surface area contributed by atoms with Crippen molar-refractivity contribution in [3.8, 4) is 0 Å². The summed E-state index contributed by atoms with van der Waals surface area (Å²) in [6.07, 6.45) is 4.63. The highest BCUT2D eigenvalue weighted by atomic mass is 32.2. The van der Waals surface area contributed by atoms with Crippen molar-refractivity contribution < 1.29 is 8.42 Å². The molecule has 0 bridgehead atoms. The van der Waals surface area contributed by atoms with Crippen LogP contribution in [0.25, 0.3) is 0 Å². The molecule has 0 aromatic heterocycles. The molecule has 0 radical (unpaired) electrons. The Balaban J connectivity index is 2.03. The number of rotatable bonds is 1. The number of hydrogen-bond acceptors (Lipinski definition) is 3. The fourth-order valence-corrected chi connectivity index (χ4v) is 3.41. The van der Waals surface area contributed by atoms with Gasteiger partial charge in [0.2, 0.25) is 10.0 Å². The largest absolute Gasteiger partial charge is 0.314 e. The minimum atomic E-state index is -2.97. The molecule has 0 aromatic rings. The maximum Gasteiger partial charge on any atom is 0.211 e. The zero-order valence-electron chi connectivity index (χ0n) is 8.57. The van der Waals surface area contributed by atoms with Crippen molar-refractivity contribution in [2.45, 2.75) is 25.3 Å². The quantitative estimate of drug-likeness (QED) is 0.675. The Morgan fingerprint density at radius 3 is 2.86 bits per heavy atom. The van der Waals surface area contributed by atoms with Gasteiger partial charge in [0.15, 0.2) is 0 Å². The van der Waals surface area contributed by atoms with Crippen LogP contribution < -0.4 is 5.32 Å². The van der Waals surface area contributed by atoms with Crippen LogP contribution in [-0.2, 0) is 10.0 Å². The van der Waals surface area contributed by atoms with Crippen molar-refractivity contribution in [2.24, 2.45) is 5.92 Å². The minimum Gasteiger partial charge on any atom is -0.314 e. The Hall–Kier alpha value is -0.130. The molecule has 82 valence electrons. The first-order valence-corrected chi connectivity index (χ1v) is 7.11. The van der Waals surface area contributed by atoms with Gasteiger partial charge in [-0.2, -0.15) is 0 Å². The van der Waals surface area contributed by atoms with Crippen molar-refractivity contribution in [1.29, 1.82) is 0 Å². The number of sulfonamides is 1. The summed E-state index contributed by atoms with van der Waals surface area (Å²) in [6.45, 7) is 2.50. The second-order valence-electron chi connectivity index (χ2n) is 4.37. The number of piperidine rings is 2. The average Bonchev–Trinajstić information content (AvgIpc) is 2.16. The molecule has 2 aliphatic heterocycles. The van der Waals surface area contributed by atoms with Gasteiger partial charge in [-0.05, 0) is 31.7 Å². The van der Waals surface area contributed by atoms with Crippen LogP contribution in [0.3, 0.4) is 0 Å². The lowest BCUT2D eigenvalue weighted by molar-refractivity contribution is 0.171. The molecule has 2 saturated heterocycles. The van der Waals surface area contributed by atoms with Crippen molar-refractivity contribution in [1.82, 2.24) is 9.62 Å². The molecule has 2 fully saturated rings. The van der Waals surface area contributed by atoms with Crippen molar-refractivity contribution in [3.05, 3.63) is 0 Å². The van der Waals surface area contributed by atoms with Gasteiger partial charge in [0, 0.05) is 19.1 Å². The maximum absolute atomic E-state index is 11.4. The van der Waals surface area contributed by atoms with Gasteiger partial charge in [-0.25, -0.2) is 12.7 Å². The highest BCUT2D eigenvalue weighted by Crippen LogP contribution is 2.25. The molecule has 1 N–H and O–H groups in total. The topological polar surface area (TPSA) is 49.4 Å².